The van der Waals surface area contributed by atoms with Crippen molar-refractivity contribution >= 4 is 17.5 Å². The number of carbonyl (C=O) groups excluding carboxylic acids is 2. The lowest BCUT2D eigenvalue weighted by Crippen LogP contribution is -2.24. The Morgan fingerprint density at radius 3 is 2.21 bits per heavy atom. The van der Waals surface area contributed by atoms with Gasteiger partial charge in [0.15, 0.2) is 0 Å². The summed E-state index contributed by atoms with van der Waals surface area (Å²) in [7, 11) is 0. The molecular formula is C24H38N2O2. The van der Waals surface area contributed by atoms with Gasteiger partial charge in [0.1, 0.15) is 0 Å². The molecule has 4 heteroatoms. The molecule has 1 aliphatic rings. The van der Waals surface area contributed by atoms with Crippen LogP contribution in [0.3, 0.4) is 0 Å². The van der Waals surface area contributed by atoms with Crippen molar-refractivity contribution in [2.75, 3.05) is 11.9 Å². The highest BCUT2D eigenvalue weighted by molar-refractivity contribution is 5.97. The predicted octanol–water partition coefficient (Wildman–Crippen LogP) is 5.79. The number of hydrogen-bond acceptors (Lipinski definition) is 2. The fourth-order valence-electron chi connectivity index (χ4n) is 4.00. The van der Waals surface area contributed by atoms with Crippen molar-refractivity contribution in [3.8, 4) is 0 Å². The van der Waals surface area contributed by atoms with Crippen molar-refractivity contribution in [3.63, 3.8) is 0 Å². The molecule has 0 saturated heterocycles. The fraction of sp³-hybridized carbons (Fsp3) is 0.667. The van der Waals surface area contributed by atoms with E-state index in [1.54, 1.807) is 12.1 Å². The summed E-state index contributed by atoms with van der Waals surface area (Å²) in [5.74, 6) is 1.24. The number of benzene rings is 1. The maximum absolute atomic E-state index is 12.5. The minimum Gasteiger partial charge on any atom is -0.352 e. The van der Waals surface area contributed by atoms with Crippen molar-refractivity contribution in [1.29, 1.82) is 0 Å². The first-order valence-electron chi connectivity index (χ1n) is 11.3. The van der Waals surface area contributed by atoms with Crippen molar-refractivity contribution in [1.82, 2.24) is 5.32 Å². The zero-order chi connectivity index (χ0) is 20.4. The van der Waals surface area contributed by atoms with Gasteiger partial charge in [0.2, 0.25) is 5.91 Å². The molecule has 4 nitrogen and oxygen atoms in total. The van der Waals surface area contributed by atoms with E-state index < -0.39 is 0 Å². The number of rotatable bonds is 13. The molecule has 1 aromatic rings. The summed E-state index contributed by atoms with van der Waals surface area (Å²) in [6.45, 7) is 7.30. The molecule has 0 aliphatic heterocycles. The first-order valence-corrected chi connectivity index (χ1v) is 11.3. The molecule has 0 heterocycles. The van der Waals surface area contributed by atoms with Crippen LogP contribution in [0.4, 0.5) is 5.69 Å². The highest BCUT2D eigenvalue weighted by atomic mass is 16.2. The molecule has 2 N–H and O–H groups in total. The molecular weight excluding hydrogens is 348 g/mol. The monoisotopic (exact) mass is 386 g/mol. The lowest BCUT2D eigenvalue weighted by atomic mass is 10.1. The summed E-state index contributed by atoms with van der Waals surface area (Å²) >= 11 is 0. The normalized spacial score (nSPS) is 20.6. The number of anilines is 1. The smallest absolute Gasteiger partial charge is 0.251 e. The van der Waals surface area contributed by atoms with Gasteiger partial charge in [-0.1, -0.05) is 65.7 Å². The Labute approximate surface area is 170 Å². The van der Waals surface area contributed by atoms with E-state index >= 15 is 0 Å². The largest absolute Gasteiger partial charge is 0.352 e. The van der Waals surface area contributed by atoms with Gasteiger partial charge in [0.25, 0.3) is 5.91 Å². The average molecular weight is 387 g/mol. The maximum atomic E-state index is 12.5. The van der Waals surface area contributed by atoms with Crippen LogP contribution in [0, 0.1) is 17.8 Å². The molecule has 1 aromatic carbocycles. The Hall–Kier alpha value is -1.84. The summed E-state index contributed by atoms with van der Waals surface area (Å²) in [5.41, 5.74) is 1.41. The number of hydrogen-bond donors (Lipinski definition) is 2. The van der Waals surface area contributed by atoms with E-state index in [0.717, 1.165) is 25.1 Å². The highest BCUT2D eigenvalue weighted by Gasteiger charge is 2.50. The minimum absolute atomic E-state index is 0.0399. The molecule has 0 radical (unpaired) electrons. The van der Waals surface area contributed by atoms with E-state index in [1.807, 2.05) is 12.1 Å². The zero-order valence-electron chi connectivity index (χ0n) is 17.9. The molecule has 3 atom stereocenters. The summed E-state index contributed by atoms with van der Waals surface area (Å²) in [6, 6.07) is 7.23. The lowest BCUT2D eigenvalue weighted by Gasteiger charge is -2.08. The maximum Gasteiger partial charge on any atom is 0.251 e. The van der Waals surface area contributed by atoms with Crippen molar-refractivity contribution in [3.05, 3.63) is 29.8 Å². The van der Waals surface area contributed by atoms with Gasteiger partial charge >= 0.3 is 0 Å². The van der Waals surface area contributed by atoms with Crippen LogP contribution in [0.25, 0.3) is 0 Å². The van der Waals surface area contributed by atoms with Gasteiger partial charge in [-0.3, -0.25) is 9.59 Å². The van der Waals surface area contributed by atoms with Crippen molar-refractivity contribution in [2.45, 2.75) is 78.6 Å². The Bertz CT molecular complexity index is 612. The number of amides is 2. The molecule has 0 aromatic heterocycles. The fourth-order valence-corrected chi connectivity index (χ4v) is 4.00. The van der Waals surface area contributed by atoms with E-state index in [0.29, 0.717) is 17.4 Å². The van der Waals surface area contributed by atoms with E-state index in [-0.39, 0.29) is 17.7 Å². The van der Waals surface area contributed by atoms with E-state index in [4.69, 9.17) is 0 Å². The van der Waals surface area contributed by atoms with E-state index in [1.165, 1.54) is 44.9 Å². The topological polar surface area (TPSA) is 58.2 Å². The third-order valence-corrected chi connectivity index (χ3v) is 5.99. The van der Waals surface area contributed by atoms with Gasteiger partial charge in [-0.05, 0) is 48.9 Å². The second-order valence-electron chi connectivity index (χ2n) is 8.28. The van der Waals surface area contributed by atoms with Crippen LogP contribution in [-0.2, 0) is 4.79 Å². The first-order chi connectivity index (χ1) is 13.6. The Kier molecular flexibility index (Phi) is 9.52. The Morgan fingerprint density at radius 2 is 1.54 bits per heavy atom. The molecule has 0 spiro atoms. The van der Waals surface area contributed by atoms with E-state index in [9.17, 15) is 9.59 Å². The van der Waals surface area contributed by atoms with Crippen LogP contribution in [0.1, 0.15) is 88.9 Å². The quantitative estimate of drug-likeness (QED) is 0.422. The van der Waals surface area contributed by atoms with Gasteiger partial charge in [-0.2, -0.15) is 0 Å². The molecule has 1 saturated carbocycles. The van der Waals surface area contributed by atoms with Crippen molar-refractivity contribution < 1.29 is 9.59 Å². The van der Waals surface area contributed by atoms with Gasteiger partial charge in [0.05, 0.1) is 0 Å². The van der Waals surface area contributed by atoms with Gasteiger partial charge in [-0.15, -0.1) is 0 Å². The van der Waals surface area contributed by atoms with Crippen LogP contribution in [0.5, 0.6) is 0 Å². The van der Waals surface area contributed by atoms with Crippen LogP contribution >= 0.6 is 0 Å². The van der Waals surface area contributed by atoms with Crippen LogP contribution < -0.4 is 10.6 Å². The first kappa shape index (κ1) is 22.4. The second-order valence-corrected chi connectivity index (χ2v) is 8.28. The molecule has 1 fully saturated rings. The highest BCUT2D eigenvalue weighted by Crippen LogP contribution is 2.49. The summed E-state index contributed by atoms with van der Waals surface area (Å²) in [6.07, 6.45) is 10.8. The third kappa shape index (κ3) is 6.96. The molecule has 1 aliphatic carbocycles. The molecule has 2 rings (SSSR count). The number of nitrogens with one attached hydrogen (secondary N) is 2. The molecule has 2 amide bonds. The molecule has 28 heavy (non-hydrogen) atoms. The second kappa shape index (κ2) is 11.9. The lowest BCUT2D eigenvalue weighted by molar-refractivity contribution is -0.117. The Balaban J connectivity index is 1.69. The standard InChI is InChI=1S/C24H38N2O2/c1-4-6-8-9-10-11-17-25-23(27)19-13-15-20(16-14-19)26-24(28)22-18(3)21(22)12-7-5-2/h13-16,18,21-22H,4-12,17H2,1-3H3,(H,25,27)(H,26,28)/t18-,21+,22-/m1/s1. The van der Waals surface area contributed by atoms with Crippen LogP contribution in [0.2, 0.25) is 0 Å². The van der Waals surface area contributed by atoms with Crippen LogP contribution in [0.15, 0.2) is 24.3 Å². The Morgan fingerprint density at radius 1 is 0.893 bits per heavy atom. The minimum atomic E-state index is -0.0399. The average Bonchev–Trinajstić information content (AvgIpc) is 3.35. The molecule has 0 unspecified atom stereocenters. The number of unbranched alkanes of at least 4 members (excludes halogenated alkanes) is 6. The summed E-state index contributed by atoms with van der Waals surface area (Å²) in [5, 5.41) is 6.00. The van der Waals surface area contributed by atoms with Gasteiger partial charge in [-0.25, -0.2) is 0 Å². The van der Waals surface area contributed by atoms with Crippen molar-refractivity contribution in [2.24, 2.45) is 17.8 Å². The number of carbonyl (C=O) groups is 2. The zero-order valence-corrected chi connectivity index (χ0v) is 17.9. The summed E-state index contributed by atoms with van der Waals surface area (Å²) in [4.78, 5) is 24.7. The SMILES string of the molecule is CCCCCCCCNC(=O)c1ccc(NC(=O)[C@@H]2[C@H](C)[C@@H]2CCCC)cc1. The summed E-state index contributed by atoms with van der Waals surface area (Å²) < 4.78 is 0. The van der Waals surface area contributed by atoms with Gasteiger partial charge < -0.3 is 10.6 Å². The predicted molar refractivity (Wildman–Crippen MR) is 116 cm³/mol. The molecule has 0 bridgehead atoms. The van der Waals surface area contributed by atoms with Gasteiger partial charge in [0, 0.05) is 23.7 Å². The third-order valence-electron chi connectivity index (χ3n) is 5.99. The van der Waals surface area contributed by atoms with E-state index in [2.05, 4.69) is 31.4 Å². The van der Waals surface area contributed by atoms with Crippen LogP contribution in [-0.4, -0.2) is 18.4 Å². The molecule has 156 valence electrons.